The molecule has 0 fully saturated rings. The highest BCUT2D eigenvalue weighted by atomic mass is 79.9. The lowest BCUT2D eigenvalue weighted by Crippen LogP contribution is -2.29. The molecule has 0 atom stereocenters. The number of amides is 1. The first-order valence-corrected chi connectivity index (χ1v) is 8.04. The van der Waals surface area contributed by atoms with E-state index in [1.165, 1.54) is 4.68 Å². The number of hydrogen-bond acceptors (Lipinski definition) is 3. The van der Waals surface area contributed by atoms with Crippen LogP contribution in [0.5, 0.6) is 0 Å². The first-order chi connectivity index (χ1) is 11.2. The minimum Gasteiger partial charge on any atom is -0.354 e. The third-order valence-electron chi connectivity index (χ3n) is 3.48. The second-order valence-corrected chi connectivity index (χ2v) is 6.19. The molecule has 2 heterocycles. The Hall–Kier alpha value is -1.84. The summed E-state index contributed by atoms with van der Waals surface area (Å²) in [4.78, 5) is 11.8. The zero-order valence-electron chi connectivity index (χ0n) is 13.2. The van der Waals surface area contributed by atoms with Crippen LogP contribution in [0.25, 0.3) is 0 Å². The Balaban J connectivity index is 1.78. The summed E-state index contributed by atoms with van der Waals surface area (Å²) in [5.74, 6) is -0.207. The maximum absolute atomic E-state index is 12.6. The molecule has 24 heavy (non-hydrogen) atoms. The summed E-state index contributed by atoms with van der Waals surface area (Å²) < 4.78 is 41.4. The van der Waals surface area contributed by atoms with E-state index in [2.05, 4.69) is 31.4 Å². The lowest BCUT2D eigenvalue weighted by atomic mass is 10.3. The van der Waals surface area contributed by atoms with Crippen molar-refractivity contribution in [2.75, 3.05) is 6.54 Å². The standard InChI is InChI=1S/C14H17BrF3N5O/c1-9-6-12(14(16,17)18)21-22(9)5-3-4-19-13(24)8-23-10(2)11(15)7-20-23/h6-7H,3-5,8H2,1-2H3,(H,19,24). The van der Waals surface area contributed by atoms with Crippen LogP contribution in [-0.4, -0.2) is 32.0 Å². The van der Waals surface area contributed by atoms with Gasteiger partial charge in [-0.3, -0.25) is 14.2 Å². The molecule has 0 saturated heterocycles. The van der Waals surface area contributed by atoms with E-state index in [-0.39, 0.29) is 12.5 Å². The van der Waals surface area contributed by atoms with Crippen LogP contribution in [0.4, 0.5) is 13.2 Å². The molecule has 2 rings (SSSR count). The second-order valence-electron chi connectivity index (χ2n) is 5.33. The van der Waals surface area contributed by atoms with E-state index in [0.29, 0.717) is 25.2 Å². The molecule has 6 nitrogen and oxygen atoms in total. The highest BCUT2D eigenvalue weighted by Gasteiger charge is 2.34. The lowest BCUT2D eigenvalue weighted by Gasteiger charge is -2.08. The number of nitrogens with zero attached hydrogens (tertiary/aromatic N) is 4. The van der Waals surface area contributed by atoms with Crippen LogP contribution in [0.15, 0.2) is 16.7 Å². The van der Waals surface area contributed by atoms with Crippen LogP contribution in [0, 0.1) is 13.8 Å². The molecule has 10 heteroatoms. The molecule has 2 aromatic heterocycles. The molecule has 0 bridgehead atoms. The molecule has 0 radical (unpaired) electrons. The first-order valence-electron chi connectivity index (χ1n) is 7.24. The third-order valence-corrected chi connectivity index (χ3v) is 4.26. The molecule has 2 aromatic rings. The Morgan fingerprint density at radius 2 is 2.04 bits per heavy atom. The monoisotopic (exact) mass is 407 g/mol. The SMILES string of the molecule is Cc1cc(C(F)(F)F)nn1CCCNC(=O)Cn1ncc(Br)c1C. The number of alkyl halides is 3. The highest BCUT2D eigenvalue weighted by Crippen LogP contribution is 2.28. The van der Waals surface area contributed by atoms with E-state index < -0.39 is 11.9 Å². The fraction of sp³-hybridized carbons (Fsp3) is 0.500. The Morgan fingerprint density at radius 3 is 2.58 bits per heavy atom. The van der Waals surface area contributed by atoms with Gasteiger partial charge in [-0.2, -0.15) is 23.4 Å². The van der Waals surface area contributed by atoms with Crippen molar-refractivity contribution in [2.45, 2.75) is 39.5 Å². The molecule has 0 spiro atoms. The number of aryl methyl sites for hydroxylation is 2. The van der Waals surface area contributed by atoms with Crippen LogP contribution < -0.4 is 5.32 Å². The first kappa shape index (κ1) is 18.5. The number of hydrogen-bond donors (Lipinski definition) is 1. The predicted octanol–water partition coefficient (Wildman–Crippen LogP) is 2.68. The van der Waals surface area contributed by atoms with Crippen molar-refractivity contribution >= 4 is 21.8 Å². The maximum atomic E-state index is 12.6. The Bertz CT molecular complexity index is 723. The van der Waals surface area contributed by atoms with E-state index in [1.807, 2.05) is 6.92 Å². The summed E-state index contributed by atoms with van der Waals surface area (Å²) in [7, 11) is 0. The van der Waals surface area contributed by atoms with Crippen molar-refractivity contribution in [2.24, 2.45) is 0 Å². The van der Waals surface area contributed by atoms with Crippen molar-refractivity contribution in [3.8, 4) is 0 Å². The molecule has 132 valence electrons. The number of aromatic nitrogens is 4. The van der Waals surface area contributed by atoms with Gasteiger partial charge >= 0.3 is 6.18 Å². The molecule has 1 amide bonds. The third kappa shape index (κ3) is 4.59. The Labute approximate surface area is 145 Å². The van der Waals surface area contributed by atoms with Gasteiger partial charge in [-0.25, -0.2) is 0 Å². The molecule has 0 aliphatic heterocycles. The van der Waals surface area contributed by atoms with Crippen molar-refractivity contribution in [3.63, 3.8) is 0 Å². The van der Waals surface area contributed by atoms with Gasteiger partial charge in [0, 0.05) is 18.8 Å². The van der Waals surface area contributed by atoms with Crippen LogP contribution in [-0.2, 0) is 24.1 Å². The molecule has 0 saturated carbocycles. The number of halogens is 4. The topological polar surface area (TPSA) is 64.7 Å². The van der Waals surface area contributed by atoms with Gasteiger partial charge in [0.1, 0.15) is 6.54 Å². The minimum absolute atomic E-state index is 0.0937. The molecular weight excluding hydrogens is 391 g/mol. The van der Waals surface area contributed by atoms with Crippen LogP contribution >= 0.6 is 15.9 Å². The van der Waals surface area contributed by atoms with Crippen molar-refractivity contribution in [3.05, 3.63) is 33.8 Å². The Morgan fingerprint density at radius 1 is 1.33 bits per heavy atom. The van der Waals surface area contributed by atoms with Crippen molar-refractivity contribution in [1.29, 1.82) is 0 Å². The van der Waals surface area contributed by atoms with E-state index >= 15 is 0 Å². The molecule has 1 N–H and O–H groups in total. The zero-order chi connectivity index (χ0) is 17.9. The number of rotatable bonds is 6. The molecular formula is C14H17BrF3N5O. The second kappa shape index (κ2) is 7.37. The fourth-order valence-corrected chi connectivity index (χ4v) is 2.40. The van der Waals surface area contributed by atoms with Gasteiger partial charge in [0.05, 0.1) is 16.4 Å². The zero-order valence-corrected chi connectivity index (χ0v) is 14.8. The van der Waals surface area contributed by atoms with E-state index in [9.17, 15) is 18.0 Å². The van der Waals surface area contributed by atoms with Crippen molar-refractivity contribution in [1.82, 2.24) is 24.9 Å². The van der Waals surface area contributed by atoms with Gasteiger partial charge < -0.3 is 5.32 Å². The molecule has 0 aliphatic carbocycles. The summed E-state index contributed by atoms with van der Waals surface area (Å²) >= 11 is 3.31. The average molecular weight is 408 g/mol. The molecule has 0 unspecified atom stereocenters. The van der Waals surface area contributed by atoms with Gasteiger partial charge in [-0.05, 0) is 42.3 Å². The highest BCUT2D eigenvalue weighted by molar-refractivity contribution is 9.10. The summed E-state index contributed by atoms with van der Waals surface area (Å²) in [5.41, 5.74) is 0.381. The number of carbonyl (C=O) groups is 1. The minimum atomic E-state index is -4.44. The number of carbonyl (C=O) groups excluding carboxylic acids is 1. The average Bonchev–Trinajstić information content (AvgIpc) is 3.01. The summed E-state index contributed by atoms with van der Waals surface area (Å²) in [6.45, 7) is 4.15. The van der Waals surface area contributed by atoms with Gasteiger partial charge in [-0.1, -0.05) is 0 Å². The molecule has 0 aromatic carbocycles. The fourth-order valence-electron chi connectivity index (χ4n) is 2.11. The van der Waals surface area contributed by atoms with Gasteiger partial charge in [0.2, 0.25) is 5.91 Å². The lowest BCUT2D eigenvalue weighted by molar-refractivity contribution is -0.141. The Kier molecular flexibility index (Phi) is 5.68. The van der Waals surface area contributed by atoms with Gasteiger partial charge in [0.25, 0.3) is 0 Å². The van der Waals surface area contributed by atoms with Gasteiger partial charge in [0.15, 0.2) is 5.69 Å². The summed E-state index contributed by atoms with van der Waals surface area (Å²) in [6, 6.07) is 1.01. The van der Waals surface area contributed by atoms with E-state index in [4.69, 9.17) is 0 Å². The van der Waals surface area contributed by atoms with E-state index in [0.717, 1.165) is 16.2 Å². The summed E-state index contributed by atoms with van der Waals surface area (Å²) in [5, 5.41) is 10.3. The normalized spacial score (nSPS) is 11.8. The quantitative estimate of drug-likeness (QED) is 0.748. The smallest absolute Gasteiger partial charge is 0.354 e. The predicted molar refractivity (Wildman–Crippen MR) is 84.3 cm³/mol. The van der Waals surface area contributed by atoms with E-state index in [1.54, 1.807) is 17.8 Å². The summed E-state index contributed by atoms with van der Waals surface area (Å²) in [6.07, 6.45) is -2.35. The molecule has 0 aliphatic rings. The van der Waals surface area contributed by atoms with Crippen LogP contribution in [0.2, 0.25) is 0 Å². The largest absolute Gasteiger partial charge is 0.435 e. The van der Waals surface area contributed by atoms with Crippen molar-refractivity contribution < 1.29 is 18.0 Å². The van der Waals surface area contributed by atoms with Crippen LogP contribution in [0.3, 0.4) is 0 Å². The number of nitrogens with one attached hydrogen (secondary N) is 1. The van der Waals surface area contributed by atoms with Gasteiger partial charge in [-0.15, -0.1) is 0 Å². The van der Waals surface area contributed by atoms with Crippen LogP contribution in [0.1, 0.15) is 23.5 Å². The maximum Gasteiger partial charge on any atom is 0.435 e.